The largest absolute Gasteiger partial charge is 0.505 e. The van der Waals surface area contributed by atoms with Crippen molar-refractivity contribution < 1.29 is 19.4 Å². The summed E-state index contributed by atoms with van der Waals surface area (Å²) in [7, 11) is 0. The molecule has 4 heteroatoms. The molecule has 0 atom stereocenters. The Morgan fingerprint density at radius 1 is 1.50 bits per heavy atom. The molecule has 2 N–H and O–H groups in total. The van der Waals surface area contributed by atoms with Crippen LogP contribution in [0.4, 0.5) is 4.39 Å². The molecule has 1 aliphatic carbocycles. The number of phenols is 1. The van der Waals surface area contributed by atoms with E-state index in [0.717, 1.165) is 0 Å². The van der Waals surface area contributed by atoms with Crippen molar-refractivity contribution in [2.24, 2.45) is 0 Å². The Kier molecular flexibility index (Phi) is 2.37. The zero-order valence-corrected chi connectivity index (χ0v) is 8.96. The van der Waals surface area contributed by atoms with Crippen LogP contribution < -0.4 is 0 Å². The molecule has 0 aliphatic heterocycles. The summed E-state index contributed by atoms with van der Waals surface area (Å²) in [5.41, 5.74) is -0.134. The van der Waals surface area contributed by atoms with E-state index in [0.29, 0.717) is 24.8 Å². The minimum absolute atomic E-state index is 0.219. The number of aliphatic carboxylic acids is 1. The van der Waals surface area contributed by atoms with Crippen LogP contribution in [-0.2, 0) is 16.6 Å². The van der Waals surface area contributed by atoms with E-state index in [4.69, 9.17) is 5.11 Å². The average Bonchev–Trinajstić information content (AvgIpc) is 3.02. The topological polar surface area (TPSA) is 57.5 Å². The predicted molar refractivity (Wildman–Crippen MR) is 56.0 cm³/mol. The minimum atomic E-state index is -1.06. The Morgan fingerprint density at radius 3 is 2.56 bits per heavy atom. The number of carbonyl (C=O) groups is 1. The molecule has 1 aromatic carbocycles. The molecule has 2 rings (SSSR count). The average molecular weight is 224 g/mol. The van der Waals surface area contributed by atoms with E-state index in [-0.39, 0.29) is 5.56 Å². The van der Waals surface area contributed by atoms with Gasteiger partial charge in [-0.15, -0.1) is 0 Å². The van der Waals surface area contributed by atoms with Gasteiger partial charge in [0.05, 0.1) is 5.41 Å². The lowest BCUT2D eigenvalue weighted by atomic mass is 9.92. The van der Waals surface area contributed by atoms with E-state index < -0.39 is 23.0 Å². The molecular weight excluding hydrogens is 211 g/mol. The van der Waals surface area contributed by atoms with E-state index in [1.807, 2.05) is 6.92 Å². The summed E-state index contributed by atoms with van der Waals surface area (Å²) in [6.45, 7) is 1.86. The molecule has 0 bridgehead atoms. The van der Waals surface area contributed by atoms with Crippen molar-refractivity contribution >= 4 is 5.97 Å². The Hall–Kier alpha value is -1.58. The van der Waals surface area contributed by atoms with Crippen LogP contribution in [0.3, 0.4) is 0 Å². The van der Waals surface area contributed by atoms with Gasteiger partial charge in [-0.1, -0.05) is 13.0 Å². The molecule has 1 aliphatic rings. The van der Waals surface area contributed by atoms with Crippen molar-refractivity contribution in [1.29, 1.82) is 0 Å². The number of phenolic OH excluding ortho intramolecular Hbond substituents is 1. The highest BCUT2D eigenvalue weighted by Crippen LogP contribution is 2.52. The molecule has 0 radical (unpaired) electrons. The van der Waals surface area contributed by atoms with Gasteiger partial charge in [-0.25, -0.2) is 4.39 Å². The van der Waals surface area contributed by atoms with Crippen LogP contribution in [0.2, 0.25) is 0 Å². The van der Waals surface area contributed by atoms with E-state index in [2.05, 4.69) is 0 Å². The zero-order valence-electron chi connectivity index (χ0n) is 8.96. The van der Waals surface area contributed by atoms with E-state index in [1.165, 1.54) is 6.07 Å². The van der Waals surface area contributed by atoms with Crippen LogP contribution in [0.5, 0.6) is 5.75 Å². The van der Waals surface area contributed by atoms with Crippen LogP contribution >= 0.6 is 0 Å². The number of aromatic hydroxyl groups is 1. The van der Waals surface area contributed by atoms with Crippen molar-refractivity contribution in [1.82, 2.24) is 0 Å². The first-order valence-corrected chi connectivity index (χ1v) is 5.26. The fourth-order valence-corrected chi connectivity index (χ4v) is 1.95. The second-order valence-corrected chi connectivity index (χ2v) is 4.21. The van der Waals surface area contributed by atoms with Crippen molar-refractivity contribution in [3.63, 3.8) is 0 Å². The summed E-state index contributed by atoms with van der Waals surface area (Å²) in [6, 6.07) is 2.84. The van der Waals surface area contributed by atoms with Gasteiger partial charge in [-0.3, -0.25) is 4.79 Å². The summed E-state index contributed by atoms with van der Waals surface area (Å²) in [6.07, 6.45) is 1.53. The molecule has 1 fully saturated rings. The number of benzene rings is 1. The molecule has 86 valence electrons. The molecule has 16 heavy (non-hydrogen) atoms. The van der Waals surface area contributed by atoms with Crippen molar-refractivity contribution in [2.45, 2.75) is 31.6 Å². The van der Waals surface area contributed by atoms with Gasteiger partial charge in [-0.05, 0) is 30.9 Å². The molecule has 0 spiro atoms. The smallest absolute Gasteiger partial charge is 0.314 e. The maximum Gasteiger partial charge on any atom is 0.314 e. The Balaban J connectivity index is 2.56. The lowest BCUT2D eigenvalue weighted by molar-refractivity contribution is -0.140. The van der Waals surface area contributed by atoms with Gasteiger partial charge in [0.2, 0.25) is 0 Å². The lowest BCUT2D eigenvalue weighted by Crippen LogP contribution is -2.20. The van der Waals surface area contributed by atoms with Crippen LogP contribution in [-0.4, -0.2) is 16.2 Å². The fraction of sp³-hybridized carbons (Fsp3) is 0.417. The number of hydrogen-bond acceptors (Lipinski definition) is 2. The number of aryl methyl sites for hydroxylation is 1. The van der Waals surface area contributed by atoms with Gasteiger partial charge in [0, 0.05) is 5.56 Å². The van der Waals surface area contributed by atoms with Gasteiger partial charge in [0.25, 0.3) is 0 Å². The van der Waals surface area contributed by atoms with E-state index in [9.17, 15) is 14.3 Å². The molecule has 0 aromatic heterocycles. The standard InChI is InChI=1S/C12H13FO3/c1-2-7-5-8(10(14)9(13)6-7)12(3-4-12)11(15)16/h5-6,14H,2-4H2,1H3,(H,15,16). The third kappa shape index (κ3) is 1.45. The molecule has 1 saturated carbocycles. The van der Waals surface area contributed by atoms with Gasteiger partial charge in [-0.2, -0.15) is 0 Å². The third-order valence-corrected chi connectivity index (χ3v) is 3.21. The van der Waals surface area contributed by atoms with Gasteiger partial charge in [0.1, 0.15) is 0 Å². The molecule has 0 heterocycles. The van der Waals surface area contributed by atoms with Crippen LogP contribution in [0.1, 0.15) is 30.9 Å². The highest BCUT2D eigenvalue weighted by atomic mass is 19.1. The molecule has 3 nitrogen and oxygen atoms in total. The number of halogens is 1. The highest BCUT2D eigenvalue weighted by molar-refractivity contribution is 5.86. The normalized spacial score (nSPS) is 17.1. The Bertz CT molecular complexity index is 450. The maximum atomic E-state index is 13.4. The maximum absolute atomic E-state index is 13.4. The number of rotatable bonds is 3. The zero-order chi connectivity index (χ0) is 11.9. The van der Waals surface area contributed by atoms with Crippen LogP contribution in [0.15, 0.2) is 12.1 Å². The van der Waals surface area contributed by atoms with Gasteiger partial charge >= 0.3 is 5.97 Å². The van der Waals surface area contributed by atoms with Crippen LogP contribution in [0.25, 0.3) is 0 Å². The first kappa shape index (κ1) is 10.9. The van der Waals surface area contributed by atoms with Gasteiger partial charge in [0.15, 0.2) is 11.6 Å². The van der Waals surface area contributed by atoms with Crippen molar-refractivity contribution in [3.05, 3.63) is 29.1 Å². The Labute approximate surface area is 92.5 Å². The minimum Gasteiger partial charge on any atom is -0.505 e. The molecule has 0 saturated heterocycles. The summed E-state index contributed by atoms with van der Waals surface area (Å²) in [4.78, 5) is 11.1. The molecule has 0 amide bonds. The van der Waals surface area contributed by atoms with Crippen molar-refractivity contribution in [2.75, 3.05) is 0 Å². The highest BCUT2D eigenvalue weighted by Gasteiger charge is 2.53. The van der Waals surface area contributed by atoms with Gasteiger partial charge < -0.3 is 10.2 Å². The first-order valence-electron chi connectivity index (χ1n) is 5.26. The second-order valence-electron chi connectivity index (χ2n) is 4.21. The Morgan fingerprint density at radius 2 is 2.12 bits per heavy atom. The number of carboxylic acids is 1. The summed E-state index contributed by atoms with van der Waals surface area (Å²) < 4.78 is 13.4. The quantitative estimate of drug-likeness (QED) is 0.827. The molecular formula is C12H13FO3. The summed E-state index contributed by atoms with van der Waals surface area (Å²) >= 11 is 0. The molecule has 0 unspecified atom stereocenters. The fourth-order valence-electron chi connectivity index (χ4n) is 1.95. The van der Waals surface area contributed by atoms with E-state index >= 15 is 0 Å². The monoisotopic (exact) mass is 224 g/mol. The molecule has 1 aromatic rings. The van der Waals surface area contributed by atoms with Crippen LogP contribution in [0, 0.1) is 5.82 Å². The predicted octanol–water partition coefficient (Wildman–Crippen LogP) is 2.21. The summed E-state index contributed by atoms with van der Waals surface area (Å²) in [5.74, 6) is -2.24. The SMILES string of the molecule is CCc1cc(F)c(O)c(C2(C(=O)O)CC2)c1. The second kappa shape index (κ2) is 3.47. The van der Waals surface area contributed by atoms with Crippen molar-refractivity contribution in [3.8, 4) is 5.75 Å². The summed E-state index contributed by atoms with van der Waals surface area (Å²) in [5, 5.41) is 18.7. The number of hydrogen-bond donors (Lipinski definition) is 2. The third-order valence-electron chi connectivity index (χ3n) is 3.21. The lowest BCUT2D eigenvalue weighted by Gasteiger charge is -2.14. The number of carboxylic acid groups (broad SMARTS) is 1. The first-order chi connectivity index (χ1) is 7.51. The van der Waals surface area contributed by atoms with E-state index in [1.54, 1.807) is 6.07 Å².